The minimum absolute atomic E-state index is 0.0497. The first-order valence-electron chi connectivity index (χ1n) is 20.2. The summed E-state index contributed by atoms with van der Waals surface area (Å²) >= 11 is 0. The van der Waals surface area contributed by atoms with Gasteiger partial charge in [-0.3, -0.25) is 0 Å². The Morgan fingerprint density at radius 2 is 1.00 bits per heavy atom. The van der Waals surface area contributed by atoms with Gasteiger partial charge in [-0.25, -0.2) is 0 Å². The van der Waals surface area contributed by atoms with Crippen LogP contribution in [0.15, 0.2) is 176 Å². The van der Waals surface area contributed by atoms with Gasteiger partial charge in [0.1, 0.15) is 0 Å². The Morgan fingerprint density at radius 1 is 0.571 bits per heavy atom. The van der Waals surface area contributed by atoms with Crippen LogP contribution in [0.4, 0.5) is 26.3 Å². The Hall–Kier alpha value is -7.57. The molecule has 9 heteroatoms. The molecule has 9 rings (SSSR count). The van der Waals surface area contributed by atoms with Crippen LogP contribution in [-0.2, 0) is 0 Å². The van der Waals surface area contributed by atoms with Crippen molar-refractivity contribution >= 4 is 49.2 Å². The maximum absolute atomic E-state index is 14.8. The van der Waals surface area contributed by atoms with E-state index in [0.29, 0.717) is 28.1 Å². The normalized spacial score (nSPS) is 12.7. The molecular formula is C54H37F6N3. The number of nitrogens with zero attached hydrogens (tertiary/aromatic N) is 3. The zero-order chi connectivity index (χ0) is 44.2. The molecule has 0 bridgehead atoms. The van der Waals surface area contributed by atoms with Gasteiger partial charge in [0.2, 0.25) is 0 Å². The first kappa shape index (κ1) is 40.8. The highest BCUT2D eigenvalue weighted by molar-refractivity contribution is 6.13. The molecule has 2 heterocycles. The van der Waals surface area contributed by atoms with Gasteiger partial charge in [0, 0.05) is 27.1 Å². The number of hydrogen-bond donors (Lipinski definition) is 0. The van der Waals surface area contributed by atoms with E-state index in [1.54, 1.807) is 12.1 Å². The molecule has 0 spiro atoms. The monoisotopic (exact) mass is 841 g/mol. The maximum Gasteiger partial charge on any atom is 0.416 e. The summed E-state index contributed by atoms with van der Waals surface area (Å²) < 4.78 is 91.2. The van der Waals surface area contributed by atoms with E-state index in [9.17, 15) is 31.6 Å². The zero-order valence-corrected chi connectivity index (χ0v) is 34.1. The number of hydrogen-bond acceptors (Lipinski definition) is 1. The molecule has 0 fully saturated rings. The third-order valence-corrected chi connectivity index (χ3v) is 11.5. The molecule has 0 N–H and O–H groups in total. The molecule has 3 nitrogen and oxygen atoms in total. The fourth-order valence-electron chi connectivity index (χ4n) is 8.52. The van der Waals surface area contributed by atoms with Crippen LogP contribution in [0.3, 0.4) is 0 Å². The Bertz CT molecular complexity index is 3180. The van der Waals surface area contributed by atoms with Gasteiger partial charge in [0.15, 0.2) is 0 Å². The SMILES string of the molecule is C=C/C(=C\C(=C/CC(F)(F)F)c1c(-n2c3ccccc3c3ccc(-c4ccc(C)cc4)cc32)cc(C#N)cc1-n1c2ccccc2c2ccc(-c3ccc(C)cc3)cc21)C(F)(F)F. The zero-order valence-electron chi connectivity index (χ0n) is 34.1. The number of nitriles is 1. The molecule has 0 saturated carbocycles. The van der Waals surface area contributed by atoms with E-state index in [2.05, 4.69) is 12.6 Å². The summed E-state index contributed by atoms with van der Waals surface area (Å²) in [5.74, 6) is 0. The van der Waals surface area contributed by atoms with Gasteiger partial charge in [0.05, 0.1) is 57.1 Å². The Labute approximate surface area is 359 Å². The van der Waals surface area contributed by atoms with Gasteiger partial charge in [-0.2, -0.15) is 31.6 Å². The van der Waals surface area contributed by atoms with E-state index in [-0.39, 0.29) is 28.1 Å². The van der Waals surface area contributed by atoms with Crippen LogP contribution in [0.1, 0.15) is 28.7 Å². The Kier molecular flexibility index (Phi) is 10.2. The Balaban J connectivity index is 1.48. The van der Waals surface area contributed by atoms with Crippen LogP contribution >= 0.6 is 0 Å². The van der Waals surface area contributed by atoms with Crippen LogP contribution in [0.25, 0.3) is 82.8 Å². The number of aryl methyl sites for hydroxylation is 2. The van der Waals surface area contributed by atoms with Gasteiger partial charge in [-0.05, 0) is 84.1 Å². The summed E-state index contributed by atoms with van der Waals surface area (Å²) in [5, 5.41) is 14.0. The molecule has 0 amide bonds. The molecule has 63 heavy (non-hydrogen) atoms. The van der Waals surface area contributed by atoms with Crippen LogP contribution < -0.4 is 0 Å². The summed E-state index contributed by atoms with van der Waals surface area (Å²) in [4.78, 5) is 0. The number of allylic oxidation sites excluding steroid dienone is 5. The fraction of sp³-hybridized carbons (Fsp3) is 0.0926. The predicted molar refractivity (Wildman–Crippen MR) is 243 cm³/mol. The van der Waals surface area contributed by atoms with Gasteiger partial charge < -0.3 is 9.13 Å². The topological polar surface area (TPSA) is 33.6 Å². The van der Waals surface area contributed by atoms with Gasteiger partial charge in [-0.1, -0.05) is 139 Å². The van der Waals surface area contributed by atoms with Gasteiger partial charge in [0.25, 0.3) is 0 Å². The summed E-state index contributed by atoms with van der Waals surface area (Å²) in [6, 6.07) is 48.1. The lowest BCUT2D eigenvalue weighted by molar-refractivity contribution is -0.124. The molecule has 0 aliphatic heterocycles. The van der Waals surface area contributed by atoms with Crippen LogP contribution in [-0.4, -0.2) is 21.5 Å². The van der Waals surface area contributed by atoms with Crippen molar-refractivity contribution in [2.45, 2.75) is 32.6 Å². The van der Waals surface area contributed by atoms with Crippen molar-refractivity contribution in [3.63, 3.8) is 0 Å². The largest absolute Gasteiger partial charge is 0.416 e. The average Bonchev–Trinajstić information content (AvgIpc) is 3.78. The molecule has 0 unspecified atom stereocenters. The lowest BCUT2D eigenvalue weighted by Gasteiger charge is -2.22. The van der Waals surface area contributed by atoms with Gasteiger partial charge >= 0.3 is 12.4 Å². The highest BCUT2D eigenvalue weighted by Crippen LogP contribution is 2.44. The second kappa shape index (κ2) is 15.7. The summed E-state index contributed by atoms with van der Waals surface area (Å²) in [7, 11) is 0. The third kappa shape index (κ3) is 7.59. The van der Waals surface area contributed by atoms with E-state index in [1.165, 1.54) is 0 Å². The van der Waals surface area contributed by atoms with Crippen LogP contribution in [0.2, 0.25) is 0 Å². The van der Waals surface area contributed by atoms with Crippen molar-refractivity contribution in [3.05, 3.63) is 198 Å². The molecule has 0 saturated heterocycles. The number of aromatic nitrogens is 2. The molecule has 9 aromatic rings. The molecule has 0 aliphatic rings. The van der Waals surface area contributed by atoms with E-state index >= 15 is 0 Å². The maximum atomic E-state index is 14.8. The van der Waals surface area contributed by atoms with Crippen molar-refractivity contribution in [2.75, 3.05) is 0 Å². The molecule has 0 aliphatic carbocycles. The molecule has 310 valence electrons. The van der Waals surface area contributed by atoms with Crippen LogP contribution in [0, 0.1) is 25.2 Å². The number of alkyl halides is 6. The van der Waals surface area contributed by atoms with Crippen molar-refractivity contribution < 1.29 is 26.3 Å². The number of halogens is 6. The highest BCUT2D eigenvalue weighted by Gasteiger charge is 2.33. The lowest BCUT2D eigenvalue weighted by atomic mass is 9.95. The van der Waals surface area contributed by atoms with E-state index in [4.69, 9.17) is 0 Å². The van der Waals surface area contributed by atoms with Crippen molar-refractivity contribution in [1.82, 2.24) is 9.13 Å². The van der Waals surface area contributed by atoms with Crippen molar-refractivity contribution in [2.24, 2.45) is 0 Å². The highest BCUT2D eigenvalue weighted by atomic mass is 19.4. The summed E-state index contributed by atoms with van der Waals surface area (Å²) in [6.45, 7) is 7.39. The minimum Gasteiger partial charge on any atom is -0.308 e. The molecule has 7 aromatic carbocycles. The van der Waals surface area contributed by atoms with E-state index < -0.39 is 24.3 Å². The van der Waals surface area contributed by atoms with Gasteiger partial charge in [-0.15, -0.1) is 0 Å². The fourth-order valence-corrected chi connectivity index (χ4v) is 8.52. The second-order valence-corrected chi connectivity index (χ2v) is 15.7. The lowest BCUT2D eigenvalue weighted by Crippen LogP contribution is -2.12. The second-order valence-electron chi connectivity index (χ2n) is 15.7. The summed E-state index contributed by atoms with van der Waals surface area (Å²) in [6.07, 6.45) is -9.14. The third-order valence-electron chi connectivity index (χ3n) is 11.5. The smallest absolute Gasteiger partial charge is 0.308 e. The number of para-hydroxylation sites is 2. The number of benzene rings is 7. The standard InChI is InChI=1S/C54H37F6N3/c1-4-41(54(58,59)60)29-40(25-26-53(55,56)57)52-50(62-46-11-7-5-9-42(46)44-23-21-38(30-48(44)62)36-17-13-33(2)14-18-36)27-35(32-61)28-51(52)63-47-12-8-6-10-43(47)45-24-22-39(31-49(45)63)37-19-15-34(3)16-20-37/h4-25,27-31H,1,26H2,2-3H3/b40-25+,41-29+. The number of fused-ring (bicyclic) bond motifs is 6. The number of rotatable bonds is 8. The quantitative estimate of drug-likeness (QED) is 0.111. The van der Waals surface area contributed by atoms with Crippen molar-refractivity contribution in [1.29, 1.82) is 5.26 Å². The predicted octanol–water partition coefficient (Wildman–Crippen LogP) is 15.7. The first-order chi connectivity index (χ1) is 30.2. The first-order valence-corrected chi connectivity index (χ1v) is 20.2. The van der Waals surface area contributed by atoms with E-state index in [1.807, 2.05) is 156 Å². The molecule has 2 aromatic heterocycles. The molecular weight excluding hydrogens is 805 g/mol. The summed E-state index contributed by atoms with van der Waals surface area (Å²) in [5.41, 5.74) is 7.24. The van der Waals surface area contributed by atoms with Crippen LogP contribution in [0.5, 0.6) is 0 Å². The molecule has 0 radical (unpaired) electrons. The minimum atomic E-state index is -4.96. The van der Waals surface area contributed by atoms with Crippen molar-refractivity contribution in [3.8, 4) is 39.7 Å². The Morgan fingerprint density at radius 3 is 1.41 bits per heavy atom. The molecule has 0 atom stereocenters. The van der Waals surface area contributed by atoms with E-state index in [0.717, 1.165) is 67.1 Å². The average molecular weight is 842 g/mol.